The van der Waals surface area contributed by atoms with Crippen molar-refractivity contribution < 1.29 is 24.0 Å². The lowest BCUT2D eigenvalue weighted by atomic mass is 9.71. The molecule has 0 saturated carbocycles. The third kappa shape index (κ3) is 5.27. The van der Waals surface area contributed by atoms with Gasteiger partial charge in [-0.1, -0.05) is 42.8 Å². The van der Waals surface area contributed by atoms with E-state index in [2.05, 4.69) is 64.8 Å². The monoisotopic (exact) mass is 624 g/mol. The molecule has 0 spiro atoms. The molecule has 2 atom stereocenters. The zero-order valence-electron chi connectivity index (χ0n) is 25.1. The van der Waals surface area contributed by atoms with Gasteiger partial charge in [0.05, 0.1) is 12.2 Å². The van der Waals surface area contributed by atoms with E-state index in [4.69, 9.17) is 9.47 Å². The van der Waals surface area contributed by atoms with Crippen LogP contribution in [0, 0.1) is 11.8 Å². The number of carbonyl (C=O) groups is 1. The molecule has 2 saturated heterocycles. The number of carbonyl (C=O) groups excluding carboxylic acids is 1. The summed E-state index contributed by atoms with van der Waals surface area (Å²) in [6.07, 6.45) is 6.64. The molecule has 7 nitrogen and oxygen atoms in total. The maximum atomic E-state index is 13.7. The molecule has 220 valence electrons. The second-order valence-corrected chi connectivity index (χ2v) is 14.9. The number of hydrogen-bond donors (Lipinski definition) is 2. The first kappa shape index (κ1) is 28.5. The Kier molecular flexibility index (Phi) is 7.17. The van der Waals surface area contributed by atoms with Crippen molar-refractivity contribution in [3.05, 3.63) is 51.2 Å². The summed E-state index contributed by atoms with van der Waals surface area (Å²) in [7, 11) is 0. The minimum Gasteiger partial charge on any atom is -0.493 e. The number of nitrogens with zero attached hydrogens (tertiary/aromatic N) is 2. The Morgan fingerprint density at radius 3 is 2.59 bits per heavy atom. The quantitative estimate of drug-likeness (QED) is 0.305. The van der Waals surface area contributed by atoms with Gasteiger partial charge < -0.3 is 19.6 Å². The number of alkyl halides is 1. The van der Waals surface area contributed by atoms with Crippen LogP contribution in [0.25, 0.3) is 12.2 Å². The summed E-state index contributed by atoms with van der Waals surface area (Å²) in [5.74, 6) is 1.76. The Bertz CT molecular complexity index is 1520. The maximum Gasteiger partial charge on any atom is 0.547 e. The van der Waals surface area contributed by atoms with E-state index in [1.54, 1.807) is 0 Å². The molecular weight excluding hydrogens is 582 g/mol. The number of likely N-dealkylation sites (tertiary alicyclic amines) is 1. The average Bonchev–Trinajstić information content (AvgIpc) is 3.24. The van der Waals surface area contributed by atoms with Gasteiger partial charge in [-0.05, 0) is 88.4 Å². The van der Waals surface area contributed by atoms with E-state index in [9.17, 15) is 9.90 Å². The van der Waals surface area contributed by atoms with Gasteiger partial charge in [0.15, 0.2) is 18.9 Å². The van der Waals surface area contributed by atoms with Gasteiger partial charge in [0.2, 0.25) is 0 Å². The fourth-order valence-corrected chi connectivity index (χ4v) is 7.10. The Morgan fingerprint density at radius 2 is 1.90 bits per heavy atom. The smallest absolute Gasteiger partial charge is 0.493 e. The maximum absolute atomic E-state index is 13.7. The molecule has 8 heteroatoms. The molecule has 0 amide bonds. The van der Waals surface area contributed by atoms with Gasteiger partial charge in [-0.3, -0.25) is 9.69 Å². The lowest BCUT2D eigenvalue weighted by molar-refractivity contribution is -0.614. The van der Waals surface area contributed by atoms with Crippen LogP contribution >= 0.6 is 15.9 Å². The van der Waals surface area contributed by atoms with Crippen molar-refractivity contribution in [2.75, 3.05) is 32.8 Å². The molecular formula is C33H43BrN3O4+. The molecule has 41 heavy (non-hydrogen) atoms. The van der Waals surface area contributed by atoms with E-state index in [-0.39, 0.29) is 22.1 Å². The van der Waals surface area contributed by atoms with Crippen molar-refractivity contribution in [1.29, 1.82) is 0 Å². The minimum atomic E-state index is -0.394. The zero-order valence-corrected chi connectivity index (χ0v) is 26.7. The number of hydrogen-bond acceptors (Lipinski definition) is 4. The van der Waals surface area contributed by atoms with Crippen LogP contribution in [0.1, 0.15) is 81.6 Å². The van der Waals surface area contributed by atoms with Gasteiger partial charge in [0.25, 0.3) is 0 Å². The molecule has 4 aliphatic rings. The number of ether oxygens (including phenoxy) is 2. The lowest BCUT2D eigenvalue weighted by Crippen LogP contribution is -2.59. The van der Waals surface area contributed by atoms with E-state index in [1.807, 2.05) is 37.5 Å². The van der Waals surface area contributed by atoms with E-state index >= 15 is 0 Å². The molecule has 2 N–H and O–H groups in total. The number of fused-ring (bicyclic) bond motifs is 4. The van der Waals surface area contributed by atoms with E-state index in [1.165, 1.54) is 0 Å². The van der Waals surface area contributed by atoms with Crippen molar-refractivity contribution in [2.45, 2.75) is 76.3 Å². The summed E-state index contributed by atoms with van der Waals surface area (Å²) in [5, 5.41) is 12.3. The first-order valence-electron chi connectivity index (χ1n) is 15.0. The highest BCUT2D eigenvalue weighted by Crippen LogP contribution is 2.41. The number of aliphatic hydroxyl groups excluding tert-OH is 1. The summed E-state index contributed by atoms with van der Waals surface area (Å²) >= 11 is 3.75. The molecule has 2 aliphatic carbocycles. The third-order valence-corrected chi connectivity index (χ3v) is 10.4. The third-order valence-electron chi connectivity index (χ3n) is 9.27. The van der Waals surface area contributed by atoms with Crippen LogP contribution in [-0.4, -0.2) is 80.7 Å². The van der Waals surface area contributed by atoms with Crippen LogP contribution in [0.3, 0.4) is 0 Å². The summed E-state index contributed by atoms with van der Waals surface area (Å²) < 4.78 is 13.9. The topological polar surface area (TPSA) is 77.8 Å². The molecule has 6 rings (SSSR count). The number of ketones is 1. The van der Waals surface area contributed by atoms with Crippen molar-refractivity contribution in [3.63, 3.8) is 0 Å². The normalized spacial score (nSPS) is 25.7. The molecule has 2 aliphatic heterocycles. The molecule has 1 aromatic heterocycles. The van der Waals surface area contributed by atoms with Crippen LogP contribution in [0.5, 0.6) is 5.75 Å². The Labute approximate surface area is 251 Å². The number of piperidine rings is 1. The Morgan fingerprint density at radius 1 is 1.20 bits per heavy atom. The number of H-pyrrole nitrogens is 1. The second-order valence-electron chi connectivity index (χ2n) is 13.8. The summed E-state index contributed by atoms with van der Waals surface area (Å²) in [6, 6.07) is 6.47. The van der Waals surface area contributed by atoms with Crippen molar-refractivity contribution in [2.24, 2.45) is 11.8 Å². The van der Waals surface area contributed by atoms with Crippen molar-refractivity contribution >= 4 is 39.9 Å². The van der Waals surface area contributed by atoms with E-state index in [0.29, 0.717) is 24.5 Å². The van der Waals surface area contributed by atoms with Gasteiger partial charge in [0.1, 0.15) is 17.4 Å². The number of benzene rings is 1. The SMILES string of the molecule is CC1C=c2c3c([nH]c2=CC1Br)C(C)(C)c1cc(OCC2CCN(C4C[N+](=C(O)OC(C)(C)C)C4)CC2)ccc1C3=O. The van der Waals surface area contributed by atoms with Gasteiger partial charge in [-0.2, -0.15) is 4.58 Å². The van der Waals surface area contributed by atoms with Crippen LogP contribution < -0.4 is 15.3 Å². The number of nitrogens with one attached hydrogen (secondary N) is 1. The Balaban J connectivity index is 1.09. The van der Waals surface area contributed by atoms with Gasteiger partial charge in [0, 0.05) is 32.1 Å². The van der Waals surface area contributed by atoms with Crippen LogP contribution in [0.15, 0.2) is 18.2 Å². The molecule has 2 aromatic rings. The molecule has 2 fully saturated rings. The van der Waals surface area contributed by atoms with Crippen LogP contribution in [0.4, 0.5) is 0 Å². The second kappa shape index (κ2) is 10.3. The first-order valence-corrected chi connectivity index (χ1v) is 15.9. The molecule has 0 radical (unpaired) electrons. The summed E-state index contributed by atoms with van der Waals surface area (Å²) in [6.45, 7) is 16.8. The number of rotatable bonds is 4. The Hall–Kier alpha value is -2.58. The van der Waals surface area contributed by atoms with E-state index < -0.39 is 5.60 Å². The standard InChI is InChI=1S/C33H42BrN3O4/c1-19-13-24-27(15-26(19)34)35-30-28(24)29(38)23-8-7-22(14-25(23)33(30,5)6)40-18-20-9-11-36(12-10-20)21-16-37(17-21)31(39)41-32(2,3)4/h7-8,13-15,19-21,26H,9-12,16-18H2,1-6H3,(H,35,38)/p+1. The van der Waals surface area contributed by atoms with E-state index in [0.717, 1.165) is 77.7 Å². The minimum absolute atomic E-state index is 0.0397. The molecule has 2 unspecified atom stereocenters. The fraction of sp³-hybridized carbons (Fsp3) is 0.576. The predicted octanol–water partition coefficient (Wildman–Crippen LogP) is 4.07. The highest BCUT2D eigenvalue weighted by atomic mass is 79.9. The number of aromatic nitrogens is 1. The first-order chi connectivity index (χ1) is 19.3. The lowest BCUT2D eigenvalue weighted by Gasteiger charge is -2.39. The predicted molar refractivity (Wildman–Crippen MR) is 165 cm³/mol. The molecule has 3 heterocycles. The molecule has 0 bridgehead atoms. The van der Waals surface area contributed by atoms with Gasteiger partial charge in [-0.25, -0.2) is 0 Å². The zero-order chi connectivity index (χ0) is 29.3. The summed E-state index contributed by atoms with van der Waals surface area (Å²) in [5.41, 5.74) is 2.89. The number of aromatic amines is 1. The highest BCUT2D eigenvalue weighted by Gasteiger charge is 2.42. The van der Waals surface area contributed by atoms with Crippen molar-refractivity contribution in [3.8, 4) is 5.75 Å². The number of aliphatic hydroxyl groups is 1. The number of halogens is 1. The van der Waals surface area contributed by atoms with Gasteiger partial charge in [-0.15, -0.1) is 0 Å². The average molecular weight is 626 g/mol. The van der Waals surface area contributed by atoms with Crippen molar-refractivity contribution in [1.82, 2.24) is 9.88 Å². The largest absolute Gasteiger partial charge is 0.547 e. The highest BCUT2D eigenvalue weighted by molar-refractivity contribution is 9.09. The fourth-order valence-electron chi connectivity index (χ4n) is 6.69. The van der Waals surface area contributed by atoms with Crippen LogP contribution in [-0.2, 0) is 10.2 Å². The summed E-state index contributed by atoms with van der Waals surface area (Å²) in [4.78, 5) is 20.1. The van der Waals surface area contributed by atoms with Gasteiger partial charge >= 0.3 is 6.08 Å². The molecule has 1 aromatic carbocycles. The van der Waals surface area contributed by atoms with Crippen LogP contribution in [0.2, 0.25) is 0 Å².